The quantitative estimate of drug-likeness (QED) is 0.206. The van der Waals surface area contributed by atoms with E-state index in [4.69, 9.17) is 4.74 Å². The molecule has 0 aliphatic heterocycles. The number of hydrogen-bond acceptors (Lipinski definition) is 6. The molecule has 0 amide bonds. The number of nitrogens with one attached hydrogen (secondary N) is 2. The SMILES string of the molecule is CCOC(=O)c1sc(C(C)NC(=NC)NCCc2cn3ccccc3n2)nc1C.I. The van der Waals surface area contributed by atoms with Gasteiger partial charge in [0.2, 0.25) is 0 Å². The molecular formula is C20H27IN6O2S. The standard InChI is InChI=1S/C20H26N6O2S.HI/c1-5-28-19(27)17-13(2)23-18(29-17)14(3)24-20(21-4)22-10-9-15-12-26-11-7-6-8-16(26)25-15;/h6-8,11-12,14H,5,9-10H2,1-4H3,(H2,21,22,24);1H. The number of imidazole rings is 1. The molecule has 3 rings (SSSR count). The molecule has 0 aliphatic carbocycles. The number of carbonyl (C=O) groups is 1. The first-order valence-electron chi connectivity index (χ1n) is 9.56. The molecule has 0 spiro atoms. The van der Waals surface area contributed by atoms with E-state index in [9.17, 15) is 4.79 Å². The Balaban J connectivity index is 0.00000320. The van der Waals surface area contributed by atoms with Crippen molar-refractivity contribution in [1.29, 1.82) is 0 Å². The highest BCUT2D eigenvalue weighted by Crippen LogP contribution is 2.24. The molecule has 3 heterocycles. The topological polar surface area (TPSA) is 92.9 Å². The van der Waals surface area contributed by atoms with Crippen LogP contribution in [0.25, 0.3) is 5.65 Å². The molecule has 1 atom stereocenters. The fraction of sp³-hybridized carbons (Fsp3) is 0.400. The number of guanidine groups is 1. The minimum Gasteiger partial charge on any atom is -0.462 e. The summed E-state index contributed by atoms with van der Waals surface area (Å²) in [5, 5.41) is 7.43. The second-order valence-corrected chi connectivity index (χ2v) is 7.53. The zero-order valence-corrected chi connectivity index (χ0v) is 20.7. The zero-order chi connectivity index (χ0) is 20.8. The molecule has 0 fully saturated rings. The number of aryl methyl sites for hydroxylation is 1. The first kappa shape index (κ1) is 24.1. The summed E-state index contributed by atoms with van der Waals surface area (Å²) in [4.78, 5) is 25.9. The van der Waals surface area contributed by atoms with Crippen molar-refractivity contribution in [1.82, 2.24) is 25.0 Å². The Hall–Kier alpha value is -2.21. The first-order chi connectivity index (χ1) is 14.0. The van der Waals surface area contributed by atoms with E-state index in [1.165, 1.54) is 11.3 Å². The van der Waals surface area contributed by atoms with Gasteiger partial charge in [-0.15, -0.1) is 35.3 Å². The number of carbonyl (C=O) groups excluding carboxylic acids is 1. The van der Waals surface area contributed by atoms with E-state index in [0.717, 1.165) is 22.8 Å². The second-order valence-electron chi connectivity index (χ2n) is 6.50. The molecule has 0 saturated carbocycles. The van der Waals surface area contributed by atoms with Crippen LogP contribution in [-0.4, -0.2) is 46.5 Å². The van der Waals surface area contributed by atoms with Gasteiger partial charge in [0.25, 0.3) is 0 Å². The number of rotatable bonds is 7. The highest BCUT2D eigenvalue weighted by molar-refractivity contribution is 14.0. The average molecular weight is 542 g/mol. The summed E-state index contributed by atoms with van der Waals surface area (Å²) in [7, 11) is 1.73. The number of ether oxygens (including phenoxy) is 1. The van der Waals surface area contributed by atoms with E-state index in [0.29, 0.717) is 29.7 Å². The Morgan fingerprint density at radius 2 is 2.17 bits per heavy atom. The van der Waals surface area contributed by atoms with Gasteiger partial charge in [-0.05, 0) is 32.9 Å². The van der Waals surface area contributed by atoms with E-state index in [1.54, 1.807) is 14.0 Å². The first-order valence-corrected chi connectivity index (χ1v) is 10.4. The third kappa shape index (κ3) is 5.91. The Morgan fingerprint density at radius 1 is 1.37 bits per heavy atom. The summed E-state index contributed by atoms with van der Waals surface area (Å²) < 4.78 is 7.10. The van der Waals surface area contributed by atoms with Gasteiger partial charge in [-0.2, -0.15) is 0 Å². The van der Waals surface area contributed by atoms with Crippen LogP contribution in [0.2, 0.25) is 0 Å². The van der Waals surface area contributed by atoms with Crippen LogP contribution in [0.4, 0.5) is 0 Å². The predicted octanol–water partition coefficient (Wildman–Crippen LogP) is 3.36. The molecule has 2 N–H and O–H groups in total. The number of esters is 1. The van der Waals surface area contributed by atoms with Gasteiger partial charge in [-0.3, -0.25) is 4.99 Å². The Morgan fingerprint density at radius 3 is 2.87 bits per heavy atom. The van der Waals surface area contributed by atoms with Crippen molar-refractivity contribution in [2.24, 2.45) is 4.99 Å². The number of aliphatic imine (C=N–C) groups is 1. The highest BCUT2D eigenvalue weighted by Gasteiger charge is 2.20. The van der Waals surface area contributed by atoms with Crippen molar-refractivity contribution >= 4 is 52.9 Å². The molecule has 8 nitrogen and oxygen atoms in total. The van der Waals surface area contributed by atoms with Crippen LogP contribution in [0.3, 0.4) is 0 Å². The Bertz CT molecular complexity index is 983. The molecule has 162 valence electrons. The lowest BCUT2D eigenvalue weighted by Gasteiger charge is -2.15. The van der Waals surface area contributed by atoms with E-state index < -0.39 is 0 Å². The summed E-state index contributed by atoms with van der Waals surface area (Å²) in [6.45, 7) is 6.65. The van der Waals surface area contributed by atoms with Crippen LogP contribution in [0.1, 0.15) is 46.0 Å². The van der Waals surface area contributed by atoms with Crippen LogP contribution < -0.4 is 10.6 Å². The van der Waals surface area contributed by atoms with Gasteiger partial charge >= 0.3 is 5.97 Å². The molecule has 0 bridgehead atoms. The molecule has 0 radical (unpaired) electrons. The summed E-state index contributed by atoms with van der Waals surface area (Å²) >= 11 is 1.35. The average Bonchev–Trinajstić information content (AvgIpc) is 3.30. The van der Waals surface area contributed by atoms with Gasteiger partial charge < -0.3 is 19.8 Å². The molecule has 3 aromatic heterocycles. The fourth-order valence-corrected chi connectivity index (χ4v) is 3.83. The van der Waals surface area contributed by atoms with E-state index >= 15 is 0 Å². The van der Waals surface area contributed by atoms with Crippen LogP contribution in [0, 0.1) is 6.92 Å². The van der Waals surface area contributed by atoms with Crippen molar-refractivity contribution in [3.05, 3.63) is 51.9 Å². The number of fused-ring (bicyclic) bond motifs is 1. The lowest BCUT2D eigenvalue weighted by Crippen LogP contribution is -2.39. The lowest BCUT2D eigenvalue weighted by molar-refractivity contribution is 0.0531. The zero-order valence-electron chi connectivity index (χ0n) is 17.5. The van der Waals surface area contributed by atoms with Crippen LogP contribution in [0.15, 0.2) is 35.6 Å². The lowest BCUT2D eigenvalue weighted by atomic mass is 10.3. The fourth-order valence-electron chi connectivity index (χ4n) is 2.87. The van der Waals surface area contributed by atoms with Crippen LogP contribution in [0.5, 0.6) is 0 Å². The van der Waals surface area contributed by atoms with Crippen molar-refractivity contribution < 1.29 is 9.53 Å². The van der Waals surface area contributed by atoms with Crippen LogP contribution >= 0.6 is 35.3 Å². The Kier molecular flexibility index (Phi) is 9.03. The summed E-state index contributed by atoms with van der Waals surface area (Å²) in [6.07, 6.45) is 4.80. The number of hydrogen-bond donors (Lipinski definition) is 2. The van der Waals surface area contributed by atoms with Gasteiger partial charge in [-0.25, -0.2) is 14.8 Å². The smallest absolute Gasteiger partial charge is 0.350 e. The number of halogens is 1. The molecule has 0 aliphatic rings. The van der Waals surface area contributed by atoms with E-state index in [-0.39, 0.29) is 36.0 Å². The van der Waals surface area contributed by atoms with Crippen molar-refractivity contribution in [3.63, 3.8) is 0 Å². The summed E-state index contributed by atoms with van der Waals surface area (Å²) in [5.41, 5.74) is 2.64. The van der Waals surface area contributed by atoms with Gasteiger partial charge in [0.1, 0.15) is 15.5 Å². The molecule has 3 aromatic rings. The normalized spacial score (nSPS) is 12.3. The number of pyridine rings is 1. The Labute approximate surface area is 197 Å². The third-order valence-corrected chi connectivity index (χ3v) is 5.63. The monoisotopic (exact) mass is 542 g/mol. The summed E-state index contributed by atoms with van der Waals surface area (Å²) in [6, 6.07) is 5.85. The van der Waals surface area contributed by atoms with Gasteiger partial charge in [0.05, 0.1) is 24.0 Å². The maximum Gasteiger partial charge on any atom is 0.350 e. The van der Waals surface area contributed by atoms with Gasteiger partial charge in [0.15, 0.2) is 5.96 Å². The largest absolute Gasteiger partial charge is 0.462 e. The molecule has 10 heteroatoms. The van der Waals surface area contributed by atoms with E-state index in [1.807, 2.05) is 48.8 Å². The molecular weight excluding hydrogens is 515 g/mol. The maximum absolute atomic E-state index is 12.0. The third-order valence-electron chi connectivity index (χ3n) is 4.31. The number of nitrogens with zero attached hydrogens (tertiary/aromatic N) is 4. The molecule has 0 saturated heterocycles. The van der Waals surface area contributed by atoms with Gasteiger partial charge in [0, 0.05) is 32.4 Å². The highest BCUT2D eigenvalue weighted by atomic mass is 127. The van der Waals surface area contributed by atoms with Crippen molar-refractivity contribution in [3.8, 4) is 0 Å². The summed E-state index contributed by atoms with van der Waals surface area (Å²) in [5.74, 6) is 0.350. The number of thiazole rings is 1. The van der Waals surface area contributed by atoms with Crippen LogP contribution in [-0.2, 0) is 11.2 Å². The number of aromatic nitrogens is 3. The maximum atomic E-state index is 12.0. The molecule has 30 heavy (non-hydrogen) atoms. The minimum absolute atomic E-state index is 0. The predicted molar refractivity (Wildman–Crippen MR) is 130 cm³/mol. The molecule has 1 unspecified atom stereocenters. The van der Waals surface area contributed by atoms with Gasteiger partial charge in [-0.1, -0.05) is 6.07 Å². The minimum atomic E-state index is -0.323. The molecule has 0 aromatic carbocycles. The van der Waals surface area contributed by atoms with Crippen molar-refractivity contribution in [2.75, 3.05) is 20.2 Å². The van der Waals surface area contributed by atoms with E-state index in [2.05, 4.69) is 25.6 Å². The van der Waals surface area contributed by atoms with Crippen molar-refractivity contribution in [2.45, 2.75) is 33.2 Å². The second kappa shape index (κ2) is 11.3.